The zero-order valence-electron chi connectivity index (χ0n) is 22.2. The highest BCUT2D eigenvalue weighted by Gasteiger charge is 2.14. The molecule has 0 saturated heterocycles. The van der Waals surface area contributed by atoms with Crippen LogP contribution in [0.25, 0.3) is 11.0 Å². The van der Waals surface area contributed by atoms with Crippen LogP contribution in [-0.2, 0) is 6.42 Å². The zero-order valence-corrected chi connectivity index (χ0v) is 23.0. The number of fused-ring (bicyclic) bond motifs is 1. The molecule has 2 aromatic heterocycles. The van der Waals surface area contributed by atoms with Gasteiger partial charge >= 0.3 is 11.6 Å². The number of anilines is 3. The maximum atomic E-state index is 12.1. The summed E-state index contributed by atoms with van der Waals surface area (Å²) < 4.78 is 22.0. The van der Waals surface area contributed by atoms with Crippen LogP contribution in [0.1, 0.15) is 5.56 Å². The number of para-hydroxylation sites is 2. The van der Waals surface area contributed by atoms with Crippen molar-refractivity contribution in [3.8, 4) is 23.3 Å². The van der Waals surface area contributed by atoms with Crippen LogP contribution < -0.4 is 35.8 Å². The molecule has 2 heterocycles. The number of hydrogen-bond acceptors (Lipinski definition) is 10. The number of hydrogen-bond donors (Lipinski definition) is 3. The molecule has 0 aliphatic heterocycles. The summed E-state index contributed by atoms with van der Waals surface area (Å²) >= 11 is 5.45. The van der Waals surface area contributed by atoms with E-state index >= 15 is 0 Å². The first-order chi connectivity index (χ1) is 20.0. The van der Waals surface area contributed by atoms with Crippen molar-refractivity contribution in [3.05, 3.63) is 94.8 Å². The number of benzene rings is 3. The van der Waals surface area contributed by atoms with E-state index in [2.05, 4.69) is 30.9 Å². The van der Waals surface area contributed by atoms with Gasteiger partial charge in [-0.1, -0.05) is 36.4 Å². The lowest BCUT2D eigenvalue weighted by Gasteiger charge is -2.13. The van der Waals surface area contributed by atoms with Gasteiger partial charge in [0.05, 0.1) is 25.7 Å². The Balaban J connectivity index is 1.38. The summed E-state index contributed by atoms with van der Waals surface area (Å²) in [5.74, 6) is 1.93. The average molecular weight is 571 g/mol. The van der Waals surface area contributed by atoms with Crippen molar-refractivity contribution in [1.29, 1.82) is 0 Å². The van der Waals surface area contributed by atoms with Gasteiger partial charge in [0, 0.05) is 12.2 Å². The predicted molar refractivity (Wildman–Crippen MR) is 160 cm³/mol. The van der Waals surface area contributed by atoms with E-state index in [9.17, 15) is 4.79 Å². The maximum Gasteiger partial charge on any atom is 0.339 e. The number of rotatable bonds is 10. The second kappa shape index (κ2) is 12.7. The molecule has 0 saturated carbocycles. The van der Waals surface area contributed by atoms with Gasteiger partial charge in [-0.2, -0.15) is 15.0 Å². The highest BCUT2D eigenvalue weighted by Crippen LogP contribution is 2.29. The highest BCUT2D eigenvalue weighted by atomic mass is 32.1. The molecule has 41 heavy (non-hydrogen) atoms. The Hall–Kier alpha value is -5.23. The Morgan fingerprint density at radius 2 is 1.59 bits per heavy atom. The Labute approximate surface area is 240 Å². The minimum Gasteiger partial charge on any atom is -0.493 e. The minimum atomic E-state index is -0.562. The first kappa shape index (κ1) is 27.3. The number of methoxy groups -OCH3 is 2. The predicted octanol–water partition coefficient (Wildman–Crippen LogP) is 5.25. The molecular formula is C29H26N6O5S. The quantitative estimate of drug-likeness (QED) is 0.150. The van der Waals surface area contributed by atoms with Crippen molar-refractivity contribution < 1.29 is 18.6 Å². The van der Waals surface area contributed by atoms with Crippen LogP contribution in [0.4, 0.5) is 17.6 Å². The lowest BCUT2D eigenvalue weighted by molar-refractivity contribution is 0.354. The fourth-order valence-electron chi connectivity index (χ4n) is 3.94. The van der Waals surface area contributed by atoms with Crippen LogP contribution in [0.3, 0.4) is 0 Å². The Bertz CT molecular complexity index is 1730. The summed E-state index contributed by atoms with van der Waals surface area (Å²) in [4.78, 5) is 25.4. The average Bonchev–Trinajstić information content (AvgIpc) is 2.97. The molecule has 5 aromatic rings. The van der Waals surface area contributed by atoms with E-state index in [0.717, 1.165) is 11.3 Å². The van der Waals surface area contributed by atoms with Crippen LogP contribution in [0.5, 0.6) is 23.3 Å². The van der Waals surface area contributed by atoms with Crippen molar-refractivity contribution in [2.45, 2.75) is 6.42 Å². The fourth-order valence-corrected chi connectivity index (χ4v) is 4.15. The number of thiocarbonyl (C=S) groups is 1. The molecule has 12 heteroatoms. The van der Waals surface area contributed by atoms with Gasteiger partial charge in [-0.3, -0.25) is 0 Å². The molecule has 0 fully saturated rings. The first-order valence-corrected chi connectivity index (χ1v) is 13.0. The Morgan fingerprint density at radius 3 is 2.39 bits per heavy atom. The van der Waals surface area contributed by atoms with Gasteiger partial charge in [0.1, 0.15) is 11.3 Å². The van der Waals surface area contributed by atoms with Gasteiger partial charge in [0.25, 0.3) is 0 Å². The van der Waals surface area contributed by atoms with Gasteiger partial charge in [0.15, 0.2) is 16.6 Å². The molecule has 0 radical (unpaired) electrons. The van der Waals surface area contributed by atoms with Crippen molar-refractivity contribution >= 4 is 45.9 Å². The first-order valence-electron chi connectivity index (χ1n) is 12.6. The van der Waals surface area contributed by atoms with E-state index in [-0.39, 0.29) is 28.8 Å². The molecular weight excluding hydrogens is 544 g/mol. The van der Waals surface area contributed by atoms with Crippen molar-refractivity contribution in [3.63, 3.8) is 0 Å². The smallest absolute Gasteiger partial charge is 0.339 e. The zero-order chi connectivity index (χ0) is 28.6. The standard InChI is InChI=1S/C29H26N6O5S/c1-37-22-13-12-18(16-24(22)38-2)14-15-30-26-32-27(35-29(41)31-19-8-4-3-5-9-19)34-28(33-26)40-23-17-25(36)39-21-11-7-6-10-20(21)23/h3-13,16-17H,14-15H2,1-2H3,(H3,30,31,32,33,34,35,41). The van der Waals surface area contributed by atoms with Gasteiger partial charge < -0.3 is 34.6 Å². The van der Waals surface area contributed by atoms with Crippen LogP contribution in [0, 0.1) is 0 Å². The number of nitrogens with zero attached hydrogens (tertiary/aromatic N) is 3. The normalized spacial score (nSPS) is 10.6. The third kappa shape index (κ3) is 7.05. The molecule has 0 unspecified atom stereocenters. The Kier molecular flexibility index (Phi) is 8.50. The molecule has 5 rings (SSSR count). The number of ether oxygens (including phenoxy) is 3. The van der Waals surface area contributed by atoms with Crippen molar-refractivity contribution in [2.24, 2.45) is 0 Å². The molecule has 3 aromatic carbocycles. The minimum absolute atomic E-state index is 0.0469. The lowest BCUT2D eigenvalue weighted by Crippen LogP contribution is -2.21. The van der Waals surface area contributed by atoms with Crippen LogP contribution in [0.2, 0.25) is 0 Å². The summed E-state index contributed by atoms with van der Waals surface area (Å²) in [6.07, 6.45) is 0.642. The van der Waals surface area contributed by atoms with E-state index in [0.29, 0.717) is 35.4 Å². The molecule has 0 amide bonds. The molecule has 0 spiro atoms. The van der Waals surface area contributed by atoms with E-state index in [1.165, 1.54) is 6.07 Å². The number of nitrogens with one attached hydrogen (secondary N) is 3. The summed E-state index contributed by atoms with van der Waals surface area (Å²) in [6, 6.07) is 23.4. The van der Waals surface area contributed by atoms with Crippen molar-refractivity contribution in [2.75, 3.05) is 36.7 Å². The molecule has 208 valence electrons. The Morgan fingerprint density at radius 1 is 0.829 bits per heavy atom. The molecule has 11 nitrogen and oxygen atoms in total. The number of aromatic nitrogens is 3. The topological polar surface area (TPSA) is 133 Å². The van der Waals surface area contributed by atoms with Crippen LogP contribution in [0.15, 0.2) is 88.1 Å². The van der Waals surface area contributed by atoms with Gasteiger partial charge in [-0.15, -0.1) is 0 Å². The third-order valence-corrected chi connectivity index (χ3v) is 6.03. The van der Waals surface area contributed by atoms with Crippen LogP contribution >= 0.6 is 12.2 Å². The van der Waals surface area contributed by atoms with Crippen molar-refractivity contribution in [1.82, 2.24) is 15.0 Å². The fraction of sp³-hybridized carbons (Fsp3) is 0.138. The van der Waals surface area contributed by atoms with E-state index in [4.69, 9.17) is 30.8 Å². The summed E-state index contributed by atoms with van der Waals surface area (Å²) in [5.41, 5.74) is 1.64. The van der Waals surface area contributed by atoms with E-state index < -0.39 is 5.63 Å². The SMILES string of the molecule is COc1ccc(CCNc2nc(NC(=S)Nc3ccccc3)nc(Oc3cc(=O)oc4ccccc34)n2)cc1OC. The largest absolute Gasteiger partial charge is 0.493 e. The third-order valence-electron chi connectivity index (χ3n) is 5.83. The van der Waals surface area contributed by atoms with E-state index in [1.807, 2.05) is 54.6 Å². The summed E-state index contributed by atoms with van der Waals surface area (Å²) in [6.45, 7) is 0.489. The molecule has 0 bridgehead atoms. The molecule has 0 atom stereocenters. The monoisotopic (exact) mass is 570 g/mol. The second-order valence-corrected chi connectivity index (χ2v) is 9.01. The maximum absolute atomic E-state index is 12.1. The van der Waals surface area contributed by atoms with Gasteiger partial charge in [-0.25, -0.2) is 4.79 Å². The highest BCUT2D eigenvalue weighted by molar-refractivity contribution is 7.80. The lowest BCUT2D eigenvalue weighted by atomic mass is 10.1. The van der Waals surface area contributed by atoms with E-state index in [1.54, 1.807) is 32.4 Å². The molecule has 3 N–H and O–H groups in total. The van der Waals surface area contributed by atoms with Crippen LogP contribution in [-0.4, -0.2) is 40.8 Å². The molecule has 0 aliphatic rings. The summed E-state index contributed by atoms with van der Waals surface area (Å²) in [5, 5.41) is 10.1. The second-order valence-electron chi connectivity index (χ2n) is 8.60. The summed E-state index contributed by atoms with van der Waals surface area (Å²) in [7, 11) is 3.19. The van der Waals surface area contributed by atoms with Gasteiger partial charge in [-0.05, 0) is 60.6 Å². The van der Waals surface area contributed by atoms with Gasteiger partial charge in [0.2, 0.25) is 11.9 Å². The molecule has 0 aliphatic carbocycles.